The Kier molecular flexibility index (Phi) is 3.13. The standard InChI is InChI=1S/C14H12N2O2S/c17-13-10-19-14(11-6-2-1-3-7-11)16(13)12-8-4-5-9-15(12)18/h1-9,14H,10H2. The van der Waals surface area contributed by atoms with E-state index in [9.17, 15) is 10.0 Å². The van der Waals surface area contributed by atoms with Crippen molar-refractivity contribution in [2.24, 2.45) is 0 Å². The number of amides is 1. The second-order valence-corrected chi connectivity index (χ2v) is 5.29. The van der Waals surface area contributed by atoms with Gasteiger partial charge >= 0.3 is 5.91 Å². The van der Waals surface area contributed by atoms with E-state index in [0.717, 1.165) is 10.3 Å². The number of pyridine rings is 1. The zero-order valence-corrected chi connectivity index (χ0v) is 10.9. The quantitative estimate of drug-likeness (QED) is 0.621. The number of thioether (sulfide) groups is 1. The van der Waals surface area contributed by atoms with Crippen molar-refractivity contribution >= 4 is 23.5 Å². The zero-order valence-electron chi connectivity index (χ0n) is 10.1. The predicted octanol–water partition coefficient (Wildman–Crippen LogP) is 2.10. The Balaban J connectivity index is 2.03. The van der Waals surface area contributed by atoms with Crippen LogP contribution in [0.25, 0.3) is 0 Å². The van der Waals surface area contributed by atoms with Crippen LogP contribution in [0, 0.1) is 5.21 Å². The predicted molar refractivity (Wildman–Crippen MR) is 74.5 cm³/mol. The second-order valence-electron chi connectivity index (χ2n) is 4.22. The SMILES string of the molecule is O=C1CSC(c2ccccc2)N1c1cccc[n+]1[O-]. The van der Waals surface area contributed by atoms with Gasteiger partial charge in [-0.15, -0.1) is 0 Å². The lowest BCUT2D eigenvalue weighted by Gasteiger charge is -2.19. The summed E-state index contributed by atoms with van der Waals surface area (Å²) in [6.07, 6.45) is 1.41. The van der Waals surface area contributed by atoms with Gasteiger partial charge in [0.1, 0.15) is 5.75 Å². The number of hydrogen-bond donors (Lipinski definition) is 0. The highest BCUT2D eigenvalue weighted by Crippen LogP contribution is 2.40. The number of nitrogens with zero attached hydrogens (tertiary/aromatic N) is 2. The van der Waals surface area contributed by atoms with Gasteiger partial charge in [-0.05, 0) is 6.07 Å². The Bertz CT molecular complexity index is 603. The summed E-state index contributed by atoms with van der Waals surface area (Å²) in [6.45, 7) is 0. The fraction of sp³-hybridized carbons (Fsp3) is 0.143. The zero-order chi connectivity index (χ0) is 13.2. The van der Waals surface area contributed by atoms with E-state index in [-0.39, 0.29) is 11.3 Å². The maximum atomic E-state index is 12.1. The third-order valence-corrected chi connectivity index (χ3v) is 4.22. The minimum absolute atomic E-state index is 0.0327. The molecule has 1 aliphatic heterocycles. The minimum atomic E-state index is -0.128. The molecule has 0 N–H and O–H groups in total. The molecule has 0 aliphatic carbocycles. The second kappa shape index (κ2) is 4.93. The molecule has 1 amide bonds. The maximum absolute atomic E-state index is 12.1. The van der Waals surface area contributed by atoms with Crippen molar-refractivity contribution in [1.82, 2.24) is 0 Å². The first-order chi connectivity index (χ1) is 9.27. The monoisotopic (exact) mass is 272 g/mol. The average molecular weight is 272 g/mol. The van der Waals surface area contributed by atoms with Gasteiger partial charge in [-0.25, -0.2) is 9.52 Å². The first kappa shape index (κ1) is 12.0. The molecule has 0 spiro atoms. The third-order valence-electron chi connectivity index (χ3n) is 3.00. The van der Waals surface area contributed by atoms with Gasteiger partial charge in [0.2, 0.25) is 0 Å². The molecule has 0 saturated carbocycles. The van der Waals surface area contributed by atoms with Gasteiger partial charge in [0.05, 0.1) is 6.20 Å². The highest BCUT2D eigenvalue weighted by molar-refractivity contribution is 8.00. The van der Waals surface area contributed by atoms with Crippen LogP contribution < -0.4 is 9.63 Å². The summed E-state index contributed by atoms with van der Waals surface area (Å²) in [5.74, 6) is 0.745. The molecule has 2 heterocycles. The van der Waals surface area contributed by atoms with Crippen LogP contribution in [0.4, 0.5) is 5.82 Å². The molecule has 1 atom stereocenters. The Hall–Kier alpha value is -2.01. The van der Waals surface area contributed by atoms with Crippen molar-refractivity contribution in [3.05, 3.63) is 65.5 Å². The molecule has 1 unspecified atom stereocenters. The van der Waals surface area contributed by atoms with Gasteiger partial charge in [0.25, 0.3) is 5.82 Å². The van der Waals surface area contributed by atoms with Crippen molar-refractivity contribution in [2.45, 2.75) is 5.37 Å². The Morgan fingerprint density at radius 2 is 1.89 bits per heavy atom. The number of aromatic nitrogens is 1. The van der Waals surface area contributed by atoms with E-state index in [4.69, 9.17) is 0 Å². The molecule has 2 aromatic rings. The van der Waals surface area contributed by atoms with E-state index >= 15 is 0 Å². The van der Waals surface area contributed by atoms with Gasteiger partial charge < -0.3 is 5.21 Å². The number of benzene rings is 1. The first-order valence-corrected chi connectivity index (χ1v) is 6.99. The molecule has 0 radical (unpaired) electrons. The average Bonchev–Trinajstić information content (AvgIpc) is 2.82. The number of rotatable bonds is 2. The summed E-state index contributed by atoms with van der Waals surface area (Å²) in [7, 11) is 0. The van der Waals surface area contributed by atoms with Gasteiger partial charge in [0, 0.05) is 11.6 Å². The molecule has 1 aromatic heterocycles. The van der Waals surface area contributed by atoms with Crippen LogP contribution in [-0.2, 0) is 4.79 Å². The normalized spacial score (nSPS) is 18.8. The number of carbonyl (C=O) groups is 1. The summed E-state index contributed by atoms with van der Waals surface area (Å²) in [6, 6.07) is 14.9. The fourth-order valence-electron chi connectivity index (χ4n) is 2.14. The van der Waals surface area contributed by atoms with Crippen molar-refractivity contribution in [2.75, 3.05) is 10.7 Å². The first-order valence-electron chi connectivity index (χ1n) is 5.94. The molecule has 19 heavy (non-hydrogen) atoms. The lowest BCUT2D eigenvalue weighted by Crippen LogP contribution is -2.39. The molecule has 1 fully saturated rings. The van der Waals surface area contributed by atoms with E-state index in [1.165, 1.54) is 18.0 Å². The van der Waals surface area contributed by atoms with E-state index in [2.05, 4.69) is 0 Å². The number of carbonyl (C=O) groups excluding carboxylic acids is 1. The van der Waals surface area contributed by atoms with Crippen molar-refractivity contribution in [3.8, 4) is 0 Å². The van der Waals surface area contributed by atoms with Crippen LogP contribution in [0.15, 0.2) is 54.7 Å². The van der Waals surface area contributed by atoms with Gasteiger partial charge in [-0.1, -0.05) is 48.2 Å². The highest BCUT2D eigenvalue weighted by Gasteiger charge is 2.41. The Morgan fingerprint density at radius 3 is 2.63 bits per heavy atom. The van der Waals surface area contributed by atoms with Crippen LogP contribution in [0.3, 0.4) is 0 Å². The lowest BCUT2D eigenvalue weighted by molar-refractivity contribution is -0.591. The van der Waals surface area contributed by atoms with Gasteiger partial charge in [-0.2, -0.15) is 4.90 Å². The molecule has 4 nitrogen and oxygen atoms in total. The van der Waals surface area contributed by atoms with Crippen molar-refractivity contribution in [1.29, 1.82) is 0 Å². The fourth-order valence-corrected chi connectivity index (χ4v) is 3.31. The summed E-state index contributed by atoms with van der Waals surface area (Å²) < 4.78 is 0.736. The summed E-state index contributed by atoms with van der Waals surface area (Å²) in [5.41, 5.74) is 1.03. The van der Waals surface area contributed by atoms with E-state index in [1.807, 2.05) is 30.3 Å². The smallest absolute Gasteiger partial charge is 0.321 e. The maximum Gasteiger partial charge on any atom is 0.321 e. The van der Waals surface area contributed by atoms with E-state index in [0.29, 0.717) is 11.6 Å². The van der Waals surface area contributed by atoms with Crippen LogP contribution in [-0.4, -0.2) is 11.7 Å². The molecule has 3 rings (SSSR count). The largest absolute Gasteiger partial charge is 0.711 e. The molecular formula is C14H12N2O2S. The summed E-state index contributed by atoms with van der Waals surface area (Å²) in [5, 5.41) is 11.7. The molecule has 0 bridgehead atoms. The Labute approximate surface area is 115 Å². The van der Waals surface area contributed by atoms with Crippen LogP contribution in [0.1, 0.15) is 10.9 Å². The van der Waals surface area contributed by atoms with Crippen LogP contribution >= 0.6 is 11.8 Å². The van der Waals surface area contributed by atoms with Crippen LogP contribution in [0.2, 0.25) is 0 Å². The topological polar surface area (TPSA) is 47.2 Å². The minimum Gasteiger partial charge on any atom is -0.711 e. The van der Waals surface area contributed by atoms with E-state index < -0.39 is 0 Å². The Morgan fingerprint density at radius 1 is 1.16 bits per heavy atom. The van der Waals surface area contributed by atoms with Gasteiger partial charge in [0.15, 0.2) is 5.37 Å². The summed E-state index contributed by atoms with van der Waals surface area (Å²) >= 11 is 1.54. The van der Waals surface area contributed by atoms with Gasteiger partial charge in [-0.3, -0.25) is 0 Å². The number of hydrogen-bond acceptors (Lipinski definition) is 3. The third kappa shape index (κ3) is 2.17. The molecule has 96 valence electrons. The molecule has 5 heteroatoms. The summed E-state index contributed by atoms with van der Waals surface area (Å²) in [4.78, 5) is 13.6. The van der Waals surface area contributed by atoms with E-state index in [1.54, 1.807) is 23.1 Å². The lowest BCUT2D eigenvalue weighted by atomic mass is 10.2. The highest BCUT2D eigenvalue weighted by atomic mass is 32.2. The van der Waals surface area contributed by atoms with Crippen molar-refractivity contribution < 1.29 is 9.52 Å². The molecular weight excluding hydrogens is 260 g/mol. The van der Waals surface area contributed by atoms with Crippen molar-refractivity contribution in [3.63, 3.8) is 0 Å². The number of anilines is 1. The molecule has 1 aromatic carbocycles. The molecule has 1 aliphatic rings. The molecule has 1 saturated heterocycles. The van der Waals surface area contributed by atoms with Crippen LogP contribution in [0.5, 0.6) is 0 Å².